The van der Waals surface area contributed by atoms with Gasteiger partial charge in [-0.1, -0.05) is 52.7 Å². The zero-order chi connectivity index (χ0) is 22.9. The fourth-order valence-electron chi connectivity index (χ4n) is 5.41. The molecule has 1 N–H and O–H groups in total. The summed E-state index contributed by atoms with van der Waals surface area (Å²) >= 11 is 1.76. The molecule has 0 bridgehead atoms. The molecule has 4 rings (SSSR count). The number of aliphatic carboxylic acids is 1. The van der Waals surface area contributed by atoms with Gasteiger partial charge >= 0.3 is 5.97 Å². The lowest BCUT2D eigenvalue weighted by Gasteiger charge is -2.42. The second-order valence-corrected chi connectivity index (χ2v) is 11.9. The normalized spacial score (nSPS) is 20.2. The Hall–Kier alpha value is -1.88. The minimum atomic E-state index is -0.675. The smallest absolute Gasteiger partial charge is 0.303 e. The highest BCUT2D eigenvalue weighted by Crippen LogP contribution is 2.47. The van der Waals surface area contributed by atoms with Crippen LogP contribution in [0.2, 0.25) is 0 Å². The lowest BCUT2D eigenvalue weighted by Crippen LogP contribution is -2.33. The van der Waals surface area contributed by atoms with Crippen LogP contribution in [0.1, 0.15) is 90.2 Å². The van der Waals surface area contributed by atoms with Crippen LogP contribution < -0.4 is 4.90 Å². The Morgan fingerprint density at radius 2 is 1.78 bits per heavy atom. The first kappa shape index (κ1) is 23.3. The third-order valence-electron chi connectivity index (χ3n) is 7.78. The Labute approximate surface area is 197 Å². The van der Waals surface area contributed by atoms with Crippen LogP contribution in [0.15, 0.2) is 23.6 Å². The van der Waals surface area contributed by atoms with Gasteiger partial charge in [-0.3, -0.25) is 4.79 Å². The Morgan fingerprint density at radius 1 is 1.09 bits per heavy atom. The lowest BCUT2D eigenvalue weighted by atomic mass is 9.63. The van der Waals surface area contributed by atoms with Gasteiger partial charge in [-0.15, -0.1) is 11.3 Å². The largest absolute Gasteiger partial charge is 0.481 e. The van der Waals surface area contributed by atoms with Crippen LogP contribution in [0.4, 0.5) is 5.13 Å². The van der Waals surface area contributed by atoms with Crippen molar-refractivity contribution >= 4 is 22.4 Å². The van der Waals surface area contributed by atoms with Crippen molar-refractivity contribution in [3.8, 4) is 11.3 Å². The third-order valence-corrected chi connectivity index (χ3v) is 8.68. The van der Waals surface area contributed by atoms with Crippen molar-refractivity contribution < 1.29 is 9.90 Å². The fraction of sp³-hybridized carbons (Fsp3) is 0.630. The maximum atomic E-state index is 10.7. The minimum Gasteiger partial charge on any atom is -0.481 e. The van der Waals surface area contributed by atoms with E-state index in [4.69, 9.17) is 10.1 Å². The maximum Gasteiger partial charge on any atom is 0.303 e. The van der Waals surface area contributed by atoms with Gasteiger partial charge in [0, 0.05) is 30.5 Å². The number of carboxylic acids is 1. The topological polar surface area (TPSA) is 53.4 Å². The number of carboxylic acid groups (broad SMARTS) is 1. The molecule has 4 nitrogen and oxygen atoms in total. The molecule has 2 aromatic rings. The van der Waals surface area contributed by atoms with Crippen LogP contribution in [0.3, 0.4) is 0 Å². The molecular formula is C27H38N2O2S. The maximum absolute atomic E-state index is 10.7. The molecule has 2 heterocycles. The van der Waals surface area contributed by atoms with E-state index in [1.54, 1.807) is 11.3 Å². The molecule has 0 amide bonds. The van der Waals surface area contributed by atoms with E-state index >= 15 is 0 Å². The van der Waals surface area contributed by atoms with Crippen molar-refractivity contribution in [2.45, 2.75) is 89.9 Å². The molecule has 0 spiro atoms. The first-order valence-corrected chi connectivity index (χ1v) is 13.1. The molecule has 0 saturated carbocycles. The van der Waals surface area contributed by atoms with Crippen molar-refractivity contribution in [3.63, 3.8) is 0 Å². The number of nitrogens with zero attached hydrogens (tertiary/aromatic N) is 2. The number of fused-ring (bicyclic) bond motifs is 1. The zero-order valence-corrected chi connectivity index (χ0v) is 20.9. The molecule has 0 atom stereocenters. The highest BCUT2D eigenvalue weighted by atomic mass is 32.1. The monoisotopic (exact) mass is 454 g/mol. The number of rotatable bonds is 7. The molecule has 1 aromatic heterocycles. The second kappa shape index (κ2) is 9.17. The molecule has 2 aliphatic rings. The number of carbonyl (C=O) groups is 1. The predicted molar refractivity (Wildman–Crippen MR) is 134 cm³/mol. The predicted octanol–water partition coefficient (Wildman–Crippen LogP) is 7.02. The van der Waals surface area contributed by atoms with E-state index in [1.807, 2.05) is 0 Å². The summed E-state index contributed by atoms with van der Waals surface area (Å²) in [6.45, 7) is 11.6. The van der Waals surface area contributed by atoms with E-state index in [-0.39, 0.29) is 10.8 Å². The molecule has 32 heavy (non-hydrogen) atoms. The van der Waals surface area contributed by atoms with Crippen molar-refractivity contribution in [2.75, 3.05) is 18.0 Å². The van der Waals surface area contributed by atoms with Gasteiger partial charge in [0.05, 0.1) is 5.69 Å². The molecule has 0 unspecified atom stereocenters. The Morgan fingerprint density at radius 3 is 2.47 bits per heavy atom. The zero-order valence-electron chi connectivity index (χ0n) is 20.1. The molecule has 1 fully saturated rings. The number of unbranched alkanes of at least 4 members (excludes halogenated alkanes) is 1. The molecule has 1 aliphatic carbocycles. The van der Waals surface area contributed by atoms with E-state index in [9.17, 15) is 4.79 Å². The molecule has 1 saturated heterocycles. The van der Waals surface area contributed by atoms with E-state index in [0.29, 0.717) is 6.42 Å². The Kier molecular flexibility index (Phi) is 6.67. The third kappa shape index (κ3) is 5.03. The Bertz CT molecular complexity index is 954. The molecule has 0 radical (unpaired) electrons. The molecule has 5 heteroatoms. The van der Waals surface area contributed by atoms with Gasteiger partial charge in [0.15, 0.2) is 5.13 Å². The summed E-state index contributed by atoms with van der Waals surface area (Å²) in [7, 11) is 0. The lowest BCUT2D eigenvalue weighted by molar-refractivity contribution is -0.137. The standard InChI is InChI=1S/C27H38N2O2S/c1-26(2)13-14-27(3,4)22-17-20(9-10-21(22)26)23-18-32-25(28-23)29-15-11-19(12-16-29)7-5-6-8-24(30)31/h9-10,17-19H,5-8,11-16H2,1-4H3,(H,30,31). The summed E-state index contributed by atoms with van der Waals surface area (Å²) in [4.78, 5) is 18.1. The van der Waals surface area contributed by atoms with Crippen LogP contribution >= 0.6 is 11.3 Å². The van der Waals surface area contributed by atoms with Gasteiger partial charge in [0.1, 0.15) is 0 Å². The summed E-state index contributed by atoms with van der Waals surface area (Å²) in [5.74, 6) is 0.0521. The summed E-state index contributed by atoms with van der Waals surface area (Å²) in [5.41, 5.74) is 5.79. The summed E-state index contributed by atoms with van der Waals surface area (Å²) in [6, 6.07) is 7.02. The second-order valence-electron chi connectivity index (χ2n) is 11.1. The van der Waals surface area contributed by atoms with Crippen LogP contribution in [-0.2, 0) is 15.6 Å². The van der Waals surface area contributed by atoms with E-state index in [1.165, 1.54) is 42.4 Å². The van der Waals surface area contributed by atoms with Gasteiger partial charge in [0.2, 0.25) is 0 Å². The average molecular weight is 455 g/mol. The fourth-order valence-corrected chi connectivity index (χ4v) is 6.30. The number of hydrogen-bond donors (Lipinski definition) is 1. The van der Waals surface area contributed by atoms with Crippen LogP contribution in [0.5, 0.6) is 0 Å². The molecule has 1 aliphatic heterocycles. The Balaban J connectivity index is 1.40. The van der Waals surface area contributed by atoms with Gasteiger partial charge in [-0.05, 0) is 66.0 Å². The van der Waals surface area contributed by atoms with E-state index in [2.05, 4.69) is 56.2 Å². The summed E-state index contributed by atoms with van der Waals surface area (Å²) in [6.07, 6.45) is 8.13. The van der Waals surface area contributed by atoms with Crippen LogP contribution in [-0.4, -0.2) is 29.1 Å². The highest BCUT2D eigenvalue weighted by Gasteiger charge is 2.37. The number of benzene rings is 1. The van der Waals surface area contributed by atoms with Gasteiger partial charge in [0.25, 0.3) is 0 Å². The van der Waals surface area contributed by atoms with Crippen molar-refractivity contribution in [1.82, 2.24) is 4.98 Å². The summed E-state index contributed by atoms with van der Waals surface area (Å²) < 4.78 is 0. The highest BCUT2D eigenvalue weighted by molar-refractivity contribution is 7.14. The first-order valence-electron chi connectivity index (χ1n) is 12.2. The van der Waals surface area contributed by atoms with Crippen LogP contribution in [0.25, 0.3) is 11.3 Å². The van der Waals surface area contributed by atoms with Gasteiger partial charge < -0.3 is 10.0 Å². The van der Waals surface area contributed by atoms with Crippen LogP contribution in [0, 0.1) is 5.92 Å². The SMILES string of the molecule is CC1(C)CCC(C)(C)c2cc(-c3csc(N4CCC(CCCCC(=O)O)CC4)n3)ccc21. The van der Waals surface area contributed by atoms with E-state index < -0.39 is 5.97 Å². The van der Waals surface area contributed by atoms with Crippen molar-refractivity contribution in [2.24, 2.45) is 5.92 Å². The molecule has 174 valence electrons. The van der Waals surface area contributed by atoms with Gasteiger partial charge in [-0.25, -0.2) is 4.98 Å². The van der Waals surface area contributed by atoms with Crippen molar-refractivity contribution in [1.29, 1.82) is 0 Å². The molecular weight excluding hydrogens is 416 g/mol. The van der Waals surface area contributed by atoms with E-state index in [0.717, 1.165) is 49.1 Å². The quantitative estimate of drug-likeness (QED) is 0.457. The minimum absolute atomic E-state index is 0.214. The van der Waals surface area contributed by atoms with Gasteiger partial charge in [-0.2, -0.15) is 0 Å². The summed E-state index contributed by atoms with van der Waals surface area (Å²) in [5, 5.41) is 12.1. The van der Waals surface area contributed by atoms with Crippen molar-refractivity contribution in [3.05, 3.63) is 34.7 Å². The number of hydrogen-bond acceptors (Lipinski definition) is 4. The number of anilines is 1. The number of piperidine rings is 1. The molecule has 1 aromatic carbocycles. The first-order chi connectivity index (χ1) is 15.2. The average Bonchev–Trinajstić information content (AvgIpc) is 3.25. The number of aromatic nitrogens is 1. The number of thiazole rings is 1.